The molecule has 0 amide bonds. The molecule has 38 heavy (non-hydrogen) atoms. The molecule has 0 bridgehead atoms. The van der Waals surface area contributed by atoms with E-state index in [-0.39, 0.29) is 0 Å². The molecule has 3 heteroatoms. The molecule has 3 nitrogen and oxygen atoms in total. The minimum absolute atomic E-state index is 0.615. The third-order valence-electron chi connectivity index (χ3n) is 6.91. The third-order valence-corrected chi connectivity index (χ3v) is 6.91. The number of hydrogen-bond donors (Lipinski definition) is 2. The highest BCUT2D eigenvalue weighted by Crippen LogP contribution is 2.29. The van der Waals surface area contributed by atoms with Gasteiger partial charge in [0, 0.05) is 39.5 Å². The molecule has 0 spiro atoms. The molecule has 0 saturated heterocycles. The zero-order valence-electron chi connectivity index (χ0n) is 24.3. The van der Waals surface area contributed by atoms with E-state index in [9.17, 15) is 0 Å². The van der Waals surface area contributed by atoms with Crippen LogP contribution in [-0.2, 0) is 0 Å². The Kier molecular flexibility index (Phi) is 11.9. The van der Waals surface area contributed by atoms with Crippen LogP contribution in [0.2, 0.25) is 0 Å². The second kappa shape index (κ2) is 14.8. The molecule has 0 heterocycles. The third kappa shape index (κ3) is 8.96. The minimum atomic E-state index is 0.615. The predicted molar refractivity (Wildman–Crippen MR) is 167 cm³/mol. The van der Waals surface area contributed by atoms with Gasteiger partial charge in [0.2, 0.25) is 0 Å². The second-order valence-corrected chi connectivity index (χ2v) is 10.1. The summed E-state index contributed by atoms with van der Waals surface area (Å²) in [6, 6.07) is 16.8. The van der Waals surface area contributed by atoms with Crippen LogP contribution in [0.5, 0.6) is 0 Å². The van der Waals surface area contributed by atoms with E-state index in [1.807, 2.05) is 40.7 Å². The zero-order valence-corrected chi connectivity index (χ0v) is 24.3. The topological polar surface area (TPSA) is 50.4 Å². The molecule has 1 fully saturated rings. The van der Waals surface area contributed by atoms with Crippen molar-refractivity contribution in [2.75, 3.05) is 5.32 Å². The smallest absolute Gasteiger partial charge is 0.0754 e. The second-order valence-electron chi connectivity index (χ2n) is 10.1. The molecule has 3 N–H and O–H groups in total. The maximum atomic E-state index is 5.79. The Labute approximate surface area is 231 Å². The largest absolute Gasteiger partial charge is 0.398 e. The Morgan fingerprint density at radius 1 is 1.03 bits per heavy atom. The van der Waals surface area contributed by atoms with Gasteiger partial charge in [-0.1, -0.05) is 75.4 Å². The van der Waals surface area contributed by atoms with E-state index >= 15 is 0 Å². The van der Waals surface area contributed by atoms with E-state index in [2.05, 4.69) is 74.4 Å². The van der Waals surface area contributed by atoms with Gasteiger partial charge in [0.25, 0.3) is 0 Å². The Bertz CT molecular complexity index is 1220. The molecule has 0 aromatic heterocycles. The molecular formula is C35H45N3. The SMILES string of the molecule is C=C(Nc1ccc(C(C)=Nc2cc(C)c#cc2C)cc1)C1CCCCC1.C=C/C(C)=C(C(=C)C)\C(N)=C/C. The van der Waals surface area contributed by atoms with Crippen LogP contribution in [0.15, 0.2) is 95.3 Å². The number of aryl methyl sites for hydroxylation is 1. The molecule has 200 valence electrons. The minimum Gasteiger partial charge on any atom is -0.398 e. The summed E-state index contributed by atoms with van der Waals surface area (Å²) in [7, 11) is 0. The van der Waals surface area contributed by atoms with Crippen molar-refractivity contribution in [1.82, 2.24) is 0 Å². The molecule has 0 unspecified atom stereocenters. The van der Waals surface area contributed by atoms with Crippen LogP contribution in [0, 0.1) is 31.9 Å². The van der Waals surface area contributed by atoms with Crippen LogP contribution in [0.1, 0.15) is 76.5 Å². The summed E-state index contributed by atoms with van der Waals surface area (Å²) < 4.78 is 0. The van der Waals surface area contributed by atoms with Gasteiger partial charge in [0.05, 0.1) is 5.69 Å². The normalized spacial score (nSPS) is 14.9. The Hall–Kier alpha value is -3.77. The summed E-state index contributed by atoms with van der Waals surface area (Å²) in [5.74, 6) is 0.615. The first-order chi connectivity index (χ1) is 18.1. The highest BCUT2D eigenvalue weighted by Gasteiger charge is 2.16. The van der Waals surface area contributed by atoms with E-state index in [0.717, 1.165) is 61.9 Å². The molecule has 3 rings (SSSR count). The zero-order chi connectivity index (χ0) is 28.2. The lowest BCUT2D eigenvalue weighted by Crippen LogP contribution is -2.14. The number of anilines is 1. The molecule has 1 saturated carbocycles. The maximum Gasteiger partial charge on any atom is 0.0754 e. The van der Waals surface area contributed by atoms with Crippen LogP contribution >= 0.6 is 0 Å². The van der Waals surface area contributed by atoms with E-state index in [4.69, 9.17) is 10.7 Å². The first-order valence-electron chi connectivity index (χ1n) is 13.5. The lowest BCUT2D eigenvalue weighted by atomic mass is 9.87. The van der Waals surface area contributed by atoms with Crippen LogP contribution in [0.25, 0.3) is 0 Å². The van der Waals surface area contributed by atoms with E-state index in [1.54, 1.807) is 6.08 Å². The molecule has 1 aliphatic rings. The lowest BCUT2D eigenvalue weighted by Gasteiger charge is -2.24. The van der Waals surface area contributed by atoms with Crippen molar-refractivity contribution < 1.29 is 0 Å². The number of rotatable bonds is 8. The molecule has 2 aromatic rings. The standard InChI is InChI=1S/C24H28N2.C11H17N/c1-17-10-11-18(2)24(16-17)26-20(4)22-12-14-23(15-13-22)25-19(3)21-8-6-5-7-9-21;1-6-9(5)11(8(3)4)10(12)7-2/h12-16,21,25H,3,5-9H2,1-2,4H3;6-7H,1,3,12H2,2,4-5H3/b;10-7+,11-9-. The van der Waals surface area contributed by atoms with Gasteiger partial charge in [-0.25, -0.2) is 0 Å². The number of nitrogens with zero attached hydrogens (tertiary/aromatic N) is 1. The van der Waals surface area contributed by atoms with Crippen molar-refractivity contribution in [3.05, 3.63) is 119 Å². The number of benzene rings is 1. The number of hydrogen-bond acceptors (Lipinski definition) is 3. The lowest BCUT2D eigenvalue weighted by molar-refractivity contribution is 0.405. The Morgan fingerprint density at radius 3 is 2.21 bits per heavy atom. The number of nitrogens with two attached hydrogens (primary N) is 1. The van der Waals surface area contributed by atoms with Gasteiger partial charge in [-0.3, -0.25) is 4.99 Å². The molecule has 0 radical (unpaired) electrons. The Morgan fingerprint density at radius 2 is 1.66 bits per heavy atom. The number of allylic oxidation sites excluding steroid dienone is 5. The van der Waals surface area contributed by atoms with E-state index in [1.165, 1.54) is 32.1 Å². The molecule has 0 aliphatic heterocycles. The highest BCUT2D eigenvalue weighted by atomic mass is 14.9. The fraction of sp³-hybridized carbons (Fsp3) is 0.343. The van der Waals surface area contributed by atoms with Crippen LogP contribution in [-0.4, -0.2) is 5.71 Å². The summed E-state index contributed by atoms with van der Waals surface area (Å²) in [5.41, 5.74) is 17.0. The van der Waals surface area contributed by atoms with Gasteiger partial charge in [-0.2, -0.15) is 0 Å². The fourth-order valence-corrected chi connectivity index (χ4v) is 4.56. The van der Waals surface area contributed by atoms with Crippen molar-refractivity contribution >= 4 is 17.1 Å². The van der Waals surface area contributed by atoms with Gasteiger partial charge in [-0.15, -0.1) is 0 Å². The average Bonchev–Trinajstić information content (AvgIpc) is 2.91. The fourth-order valence-electron chi connectivity index (χ4n) is 4.56. The molecule has 2 aromatic carbocycles. The van der Waals surface area contributed by atoms with Gasteiger partial charge in [-0.05, 0) is 95.2 Å². The predicted octanol–water partition coefficient (Wildman–Crippen LogP) is 9.48. The Balaban J connectivity index is 0.000000358. The quantitative estimate of drug-likeness (QED) is 0.276. The van der Waals surface area contributed by atoms with E-state index in [0.29, 0.717) is 5.92 Å². The summed E-state index contributed by atoms with van der Waals surface area (Å²) in [6.45, 7) is 23.8. The summed E-state index contributed by atoms with van der Waals surface area (Å²) >= 11 is 0. The van der Waals surface area contributed by atoms with Crippen LogP contribution < -0.4 is 11.1 Å². The van der Waals surface area contributed by atoms with Crippen molar-refractivity contribution in [3.63, 3.8) is 0 Å². The average molecular weight is 508 g/mol. The van der Waals surface area contributed by atoms with Crippen LogP contribution in [0.4, 0.5) is 11.4 Å². The molecule has 0 atom stereocenters. The van der Waals surface area contributed by atoms with Crippen LogP contribution in [0.3, 0.4) is 0 Å². The van der Waals surface area contributed by atoms with Crippen molar-refractivity contribution in [2.24, 2.45) is 16.6 Å². The number of aliphatic imine (C=N–C) groups is 1. The highest BCUT2D eigenvalue weighted by molar-refractivity contribution is 6.00. The van der Waals surface area contributed by atoms with Crippen molar-refractivity contribution in [1.29, 1.82) is 0 Å². The monoisotopic (exact) mass is 507 g/mol. The summed E-state index contributed by atoms with van der Waals surface area (Å²) in [5, 5.41) is 3.50. The van der Waals surface area contributed by atoms with Crippen molar-refractivity contribution in [2.45, 2.75) is 73.6 Å². The maximum absolute atomic E-state index is 5.79. The molecular weight excluding hydrogens is 462 g/mol. The molecule has 1 aliphatic carbocycles. The first kappa shape index (κ1) is 30.5. The van der Waals surface area contributed by atoms with Gasteiger partial charge >= 0.3 is 0 Å². The van der Waals surface area contributed by atoms with E-state index < -0.39 is 0 Å². The summed E-state index contributed by atoms with van der Waals surface area (Å²) in [4.78, 5) is 4.78. The first-order valence-corrected chi connectivity index (χ1v) is 13.5. The van der Waals surface area contributed by atoms with Gasteiger partial charge in [0.1, 0.15) is 0 Å². The van der Waals surface area contributed by atoms with Crippen molar-refractivity contribution in [3.8, 4) is 0 Å². The summed E-state index contributed by atoms with van der Waals surface area (Å²) in [6.07, 6.45) is 10.2. The van der Waals surface area contributed by atoms with Gasteiger partial charge < -0.3 is 11.1 Å². The van der Waals surface area contributed by atoms with Gasteiger partial charge in [0.15, 0.2) is 0 Å². The number of nitrogens with one attached hydrogen (secondary N) is 1.